The largest absolute Gasteiger partial charge is 0.293 e. The van der Waals surface area contributed by atoms with Crippen molar-refractivity contribution in [3.8, 4) is 0 Å². The van der Waals surface area contributed by atoms with Gasteiger partial charge in [0.05, 0.1) is 0 Å². The molecule has 0 radical (unpaired) electrons. The molecule has 6 atom stereocenters. The van der Waals surface area contributed by atoms with E-state index in [0.29, 0.717) is 0 Å². The van der Waals surface area contributed by atoms with Gasteiger partial charge in [-0.15, -0.1) is 0 Å². The monoisotopic (exact) mass is 582 g/mol. The van der Waals surface area contributed by atoms with Crippen LogP contribution >= 0.6 is 56.3 Å². The van der Waals surface area contributed by atoms with Crippen molar-refractivity contribution in [3.05, 3.63) is 0 Å². The molecule has 0 fully saturated rings. The zero-order valence-corrected chi connectivity index (χ0v) is 27.5. The summed E-state index contributed by atoms with van der Waals surface area (Å²) in [5, 5.41) is 0. The van der Waals surface area contributed by atoms with Gasteiger partial charge in [-0.05, 0) is 84.6 Å². The Labute approximate surface area is 197 Å². The molecule has 0 heterocycles. The molecule has 0 aliphatic rings. The molecule has 0 saturated heterocycles. The normalized spacial score (nSPS) is 7.20. The molecular formula is C12H54F6N6P6. The second kappa shape index (κ2) is 69.8. The van der Waals surface area contributed by atoms with Gasteiger partial charge in [0.2, 0.25) is 0 Å². The zero-order valence-electron chi connectivity index (χ0n) is 20.6. The van der Waals surface area contributed by atoms with Crippen LogP contribution in [0.1, 0.15) is 0 Å². The van der Waals surface area contributed by atoms with Crippen LogP contribution in [-0.4, -0.2) is 113 Å². The van der Waals surface area contributed by atoms with Crippen LogP contribution < -0.4 is 0 Å². The molecule has 0 aliphatic carbocycles. The van der Waals surface area contributed by atoms with E-state index >= 15 is 0 Å². The van der Waals surface area contributed by atoms with Crippen molar-refractivity contribution in [3.63, 3.8) is 0 Å². The topological polar surface area (TPSA) is 19.4 Å². The van der Waals surface area contributed by atoms with Gasteiger partial charge in [0.1, 0.15) is 0 Å². The molecular weight excluding hydrogens is 528 g/mol. The summed E-state index contributed by atoms with van der Waals surface area (Å²) in [6.07, 6.45) is 0. The van der Waals surface area contributed by atoms with Gasteiger partial charge in [-0.25, -0.2) is 0 Å². The van der Waals surface area contributed by atoms with Gasteiger partial charge >= 0.3 is 0 Å². The van der Waals surface area contributed by atoms with Crippen molar-refractivity contribution in [2.24, 2.45) is 0 Å². The molecule has 0 N–H and O–H groups in total. The van der Waals surface area contributed by atoms with E-state index < -0.39 is 0 Å². The van der Waals surface area contributed by atoms with E-state index in [9.17, 15) is 0 Å². The molecule has 0 spiro atoms. The summed E-state index contributed by atoms with van der Waals surface area (Å²) in [7, 11) is 38.5. The Balaban J connectivity index is -0.0000000125. The van der Waals surface area contributed by atoms with Crippen molar-refractivity contribution >= 4 is 56.3 Å². The lowest BCUT2D eigenvalue weighted by Gasteiger charge is -1.90. The molecule has 6 nitrogen and oxygen atoms in total. The third-order valence-electron chi connectivity index (χ3n) is 0. The second-order valence-electron chi connectivity index (χ2n) is 5.78. The molecule has 0 saturated carbocycles. The lowest BCUT2D eigenvalue weighted by Crippen LogP contribution is -1.88. The zero-order chi connectivity index (χ0) is 21.5. The van der Waals surface area contributed by atoms with E-state index in [-0.39, 0.29) is 28.2 Å². The first-order valence-electron chi connectivity index (χ1n) is 6.92. The Kier molecular flexibility index (Phi) is 179. The van der Waals surface area contributed by atoms with Crippen molar-refractivity contribution < 1.29 is 28.2 Å². The highest BCUT2D eigenvalue weighted by molar-refractivity contribution is 7.14. The van der Waals surface area contributed by atoms with Gasteiger partial charge in [0.15, 0.2) is 0 Å². The van der Waals surface area contributed by atoms with Gasteiger partial charge in [-0.3, -0.25) is 56.2 Å². The van der Waals surface area contributed by atoms with Crippen LogP contribution in [0.25, 0.3) is 0 Å². The molecule has 0 aromatic heterocycles. The minimum absolute atomic E-state index is 0. The van der Waals surface area contributed by atoms with Crippen molar-refractivity contribution in [2.75, 3.05) is 84.6 Å². The van der Waals surface area contributed by atoms with E-state index in [0.717, 1.165) is 0 Å². The summed E-state index contributed by atoms with van der Waals surface area (Å²) >= 11 is 0. The highest BCUT2D eigenvalue weighted by atomic mass is 31.0. The molecule has 0 bridgehead atoms. The summed E-state index contributed by atoms with van der Waals surface area (Å²) < 4.78 is 11.5. The summed E-state index contributed by atoms with van der Waals surface area (Å²) in [5.74, 6) is 0. The Morgan fingerprint density at radius 2 is 0.233 bits per heavy atom. The Morgan fingerprint density at radius 3 is 0.233 bits per heavy atom. The standard InChI is InChI=1S/6C2H8NP.6FH/c6*1-3(2)4;;;;;;/h6*4H2,1-2H3;6*1H. The third kappa shape index (κ3) is 6790. The van der Waals surface area contributed by atoms with Crippen molar-refractivity contribution in [1.82, 2.24) is 28.0 Å². The maximum Gasteiger partial charge on any atom is -0.0102 e. The van der Waals surface area contributed by atoms with Crippen LogP contribution in [-0.2, 0) is 0 Å². The predicted molar refractivity (Wildman–Crippen MR) is 155 cm³/mol. The first kappa shape index (κ1) is 76.9. The van der Waals surface area contributed by atoms with Gasteiger partial charge in [0.25, 0.3) is 0 Å². The van der Waals surface area contributed by atoms with E-state index in [4.69, 9.17) is 0 Å². The van der Waals surface area contributed by atoms with E-state index in [2.05, 4.69) is 56.3 Å². The van der Waals surface area contributed by atoms with Crippen LogP contribution in [0.2, 0.25) is 0 Å². The molecule has 6 unspecified atom stereocenters. The highest BCUT2D eigenvalue weighted by Gasteiger charge is 1.60. The molecule has 0 aromatic rings. The van der Waals surface area contributed by atoms with Gasteiger partial charge in [-0.2, -0.15) is 0 Å². The number of nitrogens with zero attached hydrogens (tertiary/aromatic N) is 6. The molecule has 204 valence electrons. The average Bonchev–Trinajstić information content (AvgIpc) is 2.08. The predicted octanol–water partition coefficient (Wildman–Crippen LogP) is 2.94. The SMILES string of the molecule is CN(C)P.CN(C)P.CN(C)P.CN(C)P.CN(C)P.CN(C)P.F.F.F.F.F.F. The molecule has 0 rings (SSSR count). The van der Waals surface area contributed by atoms with Crippen LogP contribution in [0.5, 0.6) is 0 Å². The van der Waals surface area contributed by atoms with Crippen molar-refractivity contribution in [2.45, 2.75) is 0 Å². The minimum Gasteiger partial charge on any atom is -0.293 e. The van der Waals surface area contributed by atoms with E-state index in [1.807, 2.05) is 113 Å². The summed E-state index contributed by atoms with van der Waals surface area (Å²) in [4.78, 5) is 0. The van der Waals surface area contributed by atoms with E-state index in [1.54, 1.807) is 0 Å². The number of hydrogen-bond acceptors (Lipinski definition) is 6. The fourth-order valence-electron chi connectivity index (χ4n) is 0. The van der Waals surface area contributed by atoms with Crippen molar-refractivity contribution in [1.29, 1.82) is 0 Å². The Bertz CT molecular complexity index is 133. The molecule has 0 amide bonds. The smallest absolute Gasteiger partial charge is 0.0102 e. The van der Waals surface area contributed by atoms with Crippen LogP contribution in [0.3, 0.4) is 0 Å². The maximum atomic E-state index is 2.49. The summed E-state index contributed by atoms with van der Waals surface area (Å²) in [6.45, 7) is 0. The molecule has 0 aromatic carbocycles. The minimum atomic E-state index is 0. The lowest BCUT2D eigenvalue weighted by molar-refractivity contribution is 0.703. The fraction of sp³-hybridized carbons (Fsp3) is 1.00. The van der Waals surface area contributed by atoms with Gasteiger partial charge in [-0.1, -0.05) is 56.3 Å². The lowest BCUT2D eigenvalue weighted by atomic mass is 11.3. The molecule has 0 aliphatic heterocycles. The Morgan fingerprint density at radius 1 is 0.233 bits per heavy atom. The number of rotatable bonds is 0. The summed E-state index contributed by atoms with van der Waals surface area (Å²) in [5.41, 5.74) is 0. The van der Waals surface area contributed by atoms with Gasteiger partial charge in [0, 0.05) is 0 Å². The molecule has 30 heavy (non-hydrogen) atoms. The maximum absolute atomic E-state index is 2.49. The highest BCUT2D eigenvalue weighted by Crippen LogP contribution is 1.80. The molecule has 18 heteroatoms. The first-order chi connectivity index (χ1) is 10.4. The second-order valence-corrected chi connectivity index (χ2v) is 12.0. The van der Waals surface area contributed by atoms with Crippen LogP contribution in [0.4, 0.5) is 28.2 Å². The van der Waals surface area contributed by atoms with Crippen LogP contribution in [0, 0.1) is 0 Å². The Hall–Kier alpha value is 1.92. The van der Waals surface area contributed by atoms with E-state index in [1.165, 1.54) is 0 Å². The third-order valence-corrected chi connectivity index (χ3v) is 0. The first-order valence-corrected chi connectivity index (χ1v) is 10.0. The summed E-state index contributed by atoms with van der Waals surface area (Å²) in [6, 6.07) is 0. The van der Waals surface area contributed by atoms with Crippen LogP contribution in [0.15, 0.2) is 0 Å². The quantitative estimate of drug-likeness (QED) is 0.321. The average molecular weight is 582 g/mol. The number of halogens is 6. The van der Waals surface area contributed by atoms with Gasteiger partial charge < -0.3 is 0 Å². The fourth-order valence-corrected chi connectivity index (χ4v) is 0. The number of hydrogen-bond donors (Lipinski definition) is 0.